The maximum atomic E-state index is 12.8. The number of piperidine rings is 1. The molecular formula is C25H34N4O4. The van der Waals surface area contributed by atoms with E-state index in [0.29, 0.717) is 44.0 Å². The van der Waals surface area contributed by atoms with Crippen LogP contribution in [-0.2, 0) is 16.1 Å². The Bertz CT molecular complexity index is 1130. The SMILES string of the molecule is Cc1cc2[nH]c(=O)oc2c(C)c1CCON1CCC2(CC1)N=C([C@H]1CC[C@H](C)CC1)NC2=O. The molecule has 0 atom stereocenters. The highest BCUT2D eigenvalue weighted by Crippen LogP contribution is 2.35. The van der Waals surface area contributed by atoms with Crippen molar-refractivity contribution in [2.45, 2.75) is 71.3 Å². The van der Waals surface area contributed by atoms with Crippen molar-refractivity contribution in [1.29, 1.82) is 0 Å². The molecular weight excluding hydrogens is 420 g/mol. The second-order valence-electron chi connectivity index (χ2n) is 10.1. The van der Waals surface area contributed by atoms with Gasteiger partial charge in [-0.1, -0.05) is 19.8 Å². The van der Waals surface area contributed by atoms with Crippen molar-refractivity contribution in [3.63, 3.8) is 0 Å². The molecule has 1 aromatic heterocycles. The Morgan fingerprint density at radius 2 is 1.91 bits per heavy atom. The van der Waals surface area contributed by atoms with Gasteiger partial charge in [-0.3, -0.25) is 19.6 Å². The van der Waals surface area contributed by atoms with E-state index in [2.05, 4.69) is 17.2 Å². The second-order valence-corrected chi connectivity index (χ2v) is 10.1. The molecule has 33 heavy (non-hydrogen) atoms. The minimum Gasteiger partial charge on any atom is -0.408 e. The van der Waals surface area contributed by atoms with Gasteiger partial charge in [0.1, 0.15) is 11.4 Å². The zero-order valence-electron chi connectivity index (χ0n) is 19.8. The molecule has 1 aliphatic carbocycles. The number of carbonyl (C=O) groups excluding carboxylic acids is 1. The summed E-state index contributed by atoms with van der Waals surface area (Å²) in [5, 5.41) is 5.09. The number of carbonyl (C=O) groups is 1. The molecule has 2 fully saturated rings. The molecule has 5 rings (SSSR count). The Hall–Kier alpha value is -2.45. The van der Waals surface area contributed by atoms with Crippen LogP contribution in [0.4, 0.5) is 0 Å². The summed E-state index contributed by atoms with van der Waals surface area (Å²) in [7, 11) is 0. The highest BCUT2D eigenvalue weighted by Gasteiger charge is 2.47. The van der Waals surface area contributed by atoms with E-state index in [1.54, 1.807) is 0 Å². The molecule has 3 aliphatic rings. The molecule has 1 spiro atoms. The highest BCUT2D eigenvalue weighted by atomic mass is 16.7. The van der Waals surface area contributed by atoms with Crippen LogP contribution in [0.3, 0.4) is 0 Å². The number of fused-ring (bicyclic) bond motifs is 1. The summed E-state index contributed by atoms with van der Waals surface area (Å²) in [5.41, 5.74) is 3.98. The molecule has 2 aliphatic heterocycles. The lowest BCUT2D eigenvalue weighted by Gasteiger charge is -2.34. The third-order valence-electron chi connectivity index (χ3n) is 7.88. The van der Waals surface area contributed by atoms with Crippen LogP contribution in [0, 0.1) is 25.7 Å². The summed E-state index contributed by atoms with van der Waals surface area (Å²) in [5.74, 6) is 1.77. The Balaban J connectivity index is 1.17. The van der Waals surface area contributed by atoms with Crippen molar-refractivity contribution in [1.82, 2.24) is 15.4 Å². The molecule has 1 aromatic carbocycles. The van der Waals surface area contributed by atoms with E-state index in [4.69, 9.17) is 14.2 Å². The van der Waals surface area contributed by atoms with Crippen LogP contribution in [0.25, 0.3) is 11.1 Å². The zero-order chi connectivity index (χ0) is 23.2. The standard InChI is InChI=1S/C25H34N4O4/c1-15-4-6-18(7-5-15)22-27-23(30)25(28-22)9-11-29(12-10-25)32-13-8-19-16(2)14-20-21(17(19)3)33-24(31)26-20/h14-15,18H,4-13H2,1-3H3,(H,26,31)(H,27,28,30)/t15-,18-. The Kier molecular flexibility index (Phi) is 5.91. The first kappa shape index (κ1) is 22.3. The molecule has 2 aromatic rings. The van der Waals surface area contributed by atoms with Crippen LogP contribution in [0.15, 0.2) is 20.3 Å². The number of aromatic nitrogens is 1. The van der Waals surface area contributed by atoms with Gasteiger partial charge in [0.15, 0.2) is 5.58 Å². The number of hydrogen-bond acceptors (Lipinski definition) is 6. The maximum absolute atomic E-state index is 12.8. The van der Waals surface area contributed by atoms with Crippen LogP contribution in [0.5, 0.6) is 0 Å². The second kappa shape index (κ2) is 8.72. The largest absolute Gasteiger partial charge is 0.417 e. The first-order chi connectivity index (χ1) is 15.8. The first-order valence-corrected chi connectivity index (χ1v) is 12.3. The number of nitrogens with zero attached hydrogens (tertiary/aromatic N) is 2. The van der Waals surface area contributed by atoms with Gasteiger partial charge in [0.05, 0.1) is 12.1 Å². The average molecular weight is 455 g/mol. The smallest absolute Gasteiger partial charge is 0.408 e. The van der Waals surface area contributed by atoms with Crippen molar-refractivity contribution >= 4 is 22.8 Å². The molecule has 1 saturated heterocycles. The number of nitrogens with one attached hydrogen (secondary N) is 2. The number of benzene rings is 1. The number of oxazole rings is 1. The summed E-state index contributed by atoms with van der Waals surface area (Å²) in [6.07, 6.45) is 6.79. The van der Waals surface area contributed by atoms with Crippen molar-refractivity contribution in [3.8, 4) is 0 Å². The molecule has 1 amide bonds. The van der Waals surface area contributed by atoms with Gasteiger partial charge < -0.3 is 9.73 Å². The van der Waals surface area contributed by atoms with Gasteiger partial charge in [0.25, 0.3) is 5.91 Å². The first-order valence-electron chi connectivity index (χ1n) is 12.3. The van der Waals surface area contributed by atoms with E-state index in [1.807, 2.05) is 25.0 Å². The van der Waals surface area contributed by atoms with Crippen LogP contribution in [0.2, 0.25) is 0 Å². The van der Waals surface area contributed by atoms with E-state index >= 15 is 0 Å². The van der Waals surface area contributed by atoms with Gasteiger partial charge in [-0.25, -0.2) is 4.79 Å². The van der Waals surface area contributed by atoms with E-state index in [0.717, 1.165) is 53.2 Å². The summed E-state index contributed by atoms with van der Waals surface area (Å²) in [6.45, 7) is 8.24. The number of amides is 1. The van der Waals surface area contributed by atoms with Crippen LogP contribution < -0.4 is 11.1 Å². The quantitative estimate of drug-likeness (QED) is 0.721. The number of aryl methyl sites for hydroxylation is 2. The van der Waals surface area contributed by atoms with Gasteiger partial charge in [-0.15, -0.1) is 0 Å². The van der Waals surface area contributed by atoms with Crippen molar-refractivity contribution < 1.29 is 14.0 Å². The molecule has 1 saturated carbocycles. The summed E-state index contributed by atoms with van der Waals surface area (Å²) >= 11 is 0. The van der Waals surface area contributed by atoms with Crippen molar-refractivity contribution in [3.05, 3.63) is 33.3 Å². The van der Waals surface area contributed by atoms with Crippen LogP contribution in [-0.4, -0.2) is 47.0 Å². The number of H-pyrrole nitrogens is 1. The number of hydroxylamine groups is 2. The van der Waals surface area contributed by atoms with Gasteiger partial charge in [-0.2, -0.15) is 5.06 Å². The normalized spacial score (nSPS) is 25.5. The Morgan fingerprint density at radius 3 is 2.64 bits per heavy atom. The van der Waals surface area contributed by atoms with E-state index in [-0.39, 0.29) is 5.91 Å². The third-order valence-corrected chi connectivity index (χ3v) is 7.88. The molecule has 2 N–H and O–H groups in total. The number of rotatable bonds is 5. The Morgan fingerprint density at radius 1 is 1.18 bits per heavy atom. The van der Waals surface area contributed by atoms with Gasteiger partial charge in [0.2, 0.25) is 0 Å². The number of aliphatic imine (C=N–C) groups is 1. The summed E-state index contributed by atoms with van der Waals surface area (Å²) < 4.78 is 5.30. The lowest BCUT2D eigenvalue weighted by atomic mass is 9.82. The lowest BCUT2D eigenvalue weighted by Crippen LogP contribution is -2.49. The fraction of sp³-hybridized carbons (Fsp3) is 0.640. The predicted octanol–water partition coefficient (Wildman–Crippen LogP) is 3.40. The molecule has 178 valence electrons. The van der Waals surface area contributed by atoms with E-state index < -0.39 is 11.3 Å². The molecule has 3 heterocycles. The number of aromatic amines is 1. The van der Waals surface area contributed by atoms with Gasteiger partial charge >= 0.3 is 5.76 Å². The molecule has 0 radical (unpaired) electrons. The maximum Gasteiger partial charge on any atom is 0.417 e. The summed E-state index contributed by atoms with van der Waals surface area (Å²) in [6, 6.07) is 1.95. The minimum atomic E-state index is -0.609. The van der Waals surface area contributed by atoms with Gasteiger partial charge in [0, 0.05) is 19.0 Å². The monoisotopic (exact) mass is 454 g/mol. The molecule has 0 unspecified atom stereocenters. The molecule has 0 bridgehead atoms. The number of hydrogen-bond donors (Lipinski definition) is 2. The lowest BCUT2D eigenvalue weighted by molar-refractivity contribution is -0.176. The van der Waals surface area contributed by atoms with E-state index in [9.17, 15) is 9.59 Å². The third kappa shape index (κ3) is 4.26. The fourth-order valence-corrected chi connectivity index (χ4v) is 5.71. The highest BCUT2D eigenvalue weighted by molar-refractivity contribution is 6.09. The van der Waals surface area contributed by atoms with Crippen molar-refractivity contribution in [2.75, 3.05) is 19.7 Å². The molecule has 8 nitrogen and oxygen atoms in total. The Labute approximate surface area is 193 Å². The zero-order valence-corrected chi connectivity index (χ0v) is 19.8. The predicted molar refractivity (Wildman–Crippen MR) is 126 cm³/mol. The fourth-order valence-electron chi connectivity index (χ4n) is 5.71. The average Bonchev–Trinajstić information content (AvgIpc) is 3.32. The van der Waals surface area contributed by atoms with Gasteiger partial charge in [-0.05, 0) is 74.6 Å². The topological polar surface area (TPSA) is 99.9 Å². The molecule has 8 heteroatoms. The van der Waals surface area contributed by atoms with Crippen molar-refractivity contribution in [2.24, 2.45) is 16.8 Å². The van der Waals surface area contributed by atoms with E-state index in [1.165, 1.54) is 12.8 Å². The number of amidine groups is 1. The summed E-state index contributed by atoms with van der Waals surface area (Å²) in [4.78, 5) is 38.1. The van der Waals surface area contributed by atoms with Crippen LogP contribution >= 0.6 is 0 Å². The van der Waals surface area contributed by atoms with Crippen LogP contribution in [0.1, 0.15) is 62.1 Å². The minimum absolute atomic E-state index is 0.0725.